The van der Waals surface area contributed by atoms with Gasteiger partial charge in [0, 0.05) is 33.3 Å². The van der Waals surface area contributed by atoms with Crippen LogP contribution in [-0.2, 0) is 14.3 Å². The molecule has 2 fully saturated rings. The Balaban J connectivity index is 1.86. The van der Waals surface area contributed by atoms with Crippen LogP contribution in [-0.4, -0.2) is 79.5 Å². The largest absolute Gasteiger partial charge is 0.419 e. The molecule has 0 spiro atoms. The Kier molecular flexibility index (Phi) is 4.51. The summed E-state index contributed by atoms with van der Waals surface area (Å²) < 4.78 is 48.7. The zero-order chi connectivity index (χ0) is 15.8. The van der Waals surface area contributed by atoms with Gasteiger partial charge in [-0.2, -0.15) is 13.2 Å². The number of ether oxygens (including phenoxy) is 2. The van der Waals surface area contributed by atoms with Crippen molar-refractivity contribution < 1.29 is 27.4 Å². The molecule has 122 valence electrons. The lowest BCUT2D eigenvalue weighted by Crippen LogP contribution is -2.71. The van der Waals surface area contributed by atoms with Crippen molar-refractivity contribution in [2.45, 2.75) is 37.8 Å². The first kappa shape index (κ1) is 16.5. The Morgan fingerprint density at radius 3 is 2.24 bits per heavy atom. The molecule has 2 aliphatic rings. The molecule has 0 N–H and O–H groups in total. The number of likely N-dealkylation sites (tertiary alicyclic amines) is 1. The van der Waals surface area contributed by atoms with Crippen molar-refractivity contribution in [3.8, 4) is 0 Å². The van der Waals surface area contributed by atoms with E-state index < -0.39 is 11.8 Å². The standard InChI is InChI=1S/C13H21F3N2O3/c1-9-4-18(5-10(2)21-9)11(19)6-17-7-12(8-17,20-3)13(14,15)16/h9-10H,4-8H2,1-3H3. The third kappa shape index (κ3) is 3.32. The second kappa shape index (κ2) is 5.73. The average Bonchev–Trinajstić information content (AvgIpc) is 2.29. The Morgan fingerprint density at radius 2 is 1.81 bits per heavy atom. The van der Waals surface area contributed by atoms with Crippen LogP contribution in [0.3, 0.4) is 0 Å². The molecule has 0 aliphatic carbocycles. The summed E-state index contributed by atoms with van der Waals surface area (Å²) in [5.41, 5.74) is -2.13. The first-order chi connectivity index (χ1) is 9.67. The van der Waals surface area contributed by atoms with Gasteiger partial charge in [0.15, 0.2) is 5.60 Å². The van der Waals surface area contributed by atoms with Crippen LogP contribution in [0.2, 0.25) is 0 Å². The number of carbonyl (C=O) groups excluding carboxylic acids is 1. The van der Waals surface area contributed by atoms with Gasteiger partial charge in [0.2, 0.25) is 5.91 Å². The molecule has 8 heteroatoms. The minimum absolute atomic E-state index is 0.0133. The summed E-state index contributed by atoms with van der Waals surface area (Å²) >= 11 is 0. The normalized spacial score (nSPS) is 30.1. The van der Waals surface area contributed by atoms with Gasteiger partial charge in [0.05, 0.1) is 18.8 Å². The first-order valence-electron chi connectivity index (χ1n) is 6.94. The molecular weight excluding hydrogens is 289 g/mol. The lowest BCUT2D eigenvalue weighted by molar-refractivity contribution is -0.310. The first-order valence-corrected chi connectivity index (χ1v) is 6.94. The highest BCUT2D eigenvalue weighted by molar-refractivity contribution is 5.78. The van der Waals surface area contributed by atoms with Crippen molar-refractivity contribution in [1.29, 1.82) is 0 Å². The fraction of sp³-hybridized carbons (Fsp3) is 0.923. The van der Waals surface area contributed by atoms with Crippen LogP contribution >= 0.6 is 0 Å². The van der Waals surface area contributed by atoms with Crippen molar-refractivity contribution in [3.05, 3.63) is 0 Å². The fourth-order valence-electron chi connectivity index (χ4n) is 2.88. The summed E-state index contributed by atoms with van der Waals surface area (Å²) in [6.45, 7) is 4.10. The molecule has 2 aliphatic heterocycles. The van der Waals surface area contributed by atoms with E-state index in [1.54, 1.807) is 4.90 Å². The number of hydrogen-bond donors (Lipinski definition) is 0. The van der Waals surface area contributed by atoms with Gasteiger partial charge >= 0.3 is 6.18 Å². The summed E-state index contributed by atoms with van der Waals surface area (Å²) in [5.74, 6) is -0.163. The van der Waals surface area contributed by atoms with Gasteiger partial charge in [-0.3, -0.25) is 9.69 Å². The van der Waals surface area contributed by atoms with Crippen molar-refractivity contribution in [3.63, 3.8) is 0 Å². The van der Waals surface area contributed by atoms with E-state index in [1.807, 2.05) is 13.8 Å². The minimum Gasteiger partial charge on any atom is -0.372 e. The zero-order valence-corrected chi connectivity index (χ0v) is 12.4. The third-order valence-electron chi connectivity index (χ3n) is 4.00. The Morgan fingerprint density at radius 1 is 1.29 bits per heavy atom. The van der Waals surface area contributed by atoms with E-state index in [0.29, 0.717) is 13.1 Å². The van der Waals surface area contributed by atoms with E-state index in [2.05, 4.69) is 4.74 Å². The van der Waals surface area contributed by atoms with E-state index in [9.17, 15) is 18.0 Å². The highest BCUT2D eigenvalue weighted by Crippen LogP contribution is 2.40. The van der Waals surface area contributed by atoms with E-state index in [0.717, 1.165) is 7.11 Å². The maximum atomic E-state index is 12.9. The van der Waals surface area contributed by atoms with E-state index in [4.69, 9.17) is 4.74 Å². The van der Waals surface area contributed by atoms with Crippen molar-refractivity contribution in [2.24, 2.45) is 0 Å². The Labute approximate surface area is 122 Å². The summed E-state index contributed by atoms with van der Waals surface area (Å²) in [5, 5.41) is 0. The number of hydrogen-bond acceptors (Lipinski definition) is 4. The highest BCUT2D eigenvalue weighted by atomic mass is 19.4. The number of rotatable bonds is 3. The van der Waals surface area contributed by atoms with Crippen LogP contribution in [0.5, 0.6) is 0 Å². The predicted molar refractivity (Wildman–Crippen MR) is 68.8 cm³/mol. The van der Waals surface area contributed by atoms with Crippen LogP contribution < -0.4 is 0 Å². The van der Waals surface area contributed by atoms with Crippen molar-refractivity contribution in [1.82, 2.24) is 9.80 Å². The summed E-state index contributed by atoms with van der Waals surface area (Å²) in [7, 11) is 1.05. The summed E-state index contributed by atoms with van der Waals surface area (Å²) in [6.07, 6.45) is -4.52. The number of morpholine rings is 1. The molecule has 2 saturated heterocycles. The van der Waals surface area contributed by atoms with Crippen molar-refractivity contribution >= 4 is 5.91 Å². The molecule has 2 atom stereocenters. The van der Waals surface area contributed by atoms with Gasteiger partial charge < -0.3 is 14.4 Å². The second-order valence-corrected chi connectivity index (χ2v) is 5.90. The van der Waals surface area contributed by atoms with Crippen LogP contribution in [0.4, 0.5) is 13.2 Å². The number of halogens is 3. The molecule has 2 heterocycles. The number of methoxy groups -OCH3 is 1. The fourth-order valence-corrected chi connectivity index (χ4v) is 2.88. The maximum Gasteiger partial charge on any atom is 0.419 e. The summed E-state index contributed by atoms with van der Waals surface area (Å²) in [4.78, 5) is 15.3. The molecule has 0 aromatic carbocycles. The molecule has 21 heavy (non-hydrogen) atoms. The number of nitrogens with zero attached hydrogens (tertiary/aromatic N) is 2. The molecule has 1 amide bonds. The molecule has 0 radical (unpaired) electrons. The van der Waals surface area contributed by atoms with Gasteiger partial charge in [-0.1, -0.05) is 0 Å². The average molecular weight is 310 g/mol. The van der Waals surface area contributed by atoms with E-state index in [-0.39, 0.29) is 37.7 Å². The number of amides is 1. The van der Waals surface area contributed by atoms with E-state index in [1.165, 1.54) is 4.90 Å². The summed E-state index contributed by atoms with van der Waals surface area (Å²) in [6, 6.07) is 0. The van der Waals surface area contributed by atoms with Crippen LogP contribution in [0.15, 0.2) is 0 Å². The van der Waals surface area contributed by atoms with Gasteiger partial charge in [0.1, 0.15) is 0 Å². The molecule has 0 aromatic heterocycles. The van der Waals surface area contributed by atoms with Crippen molar-refractivity contribution in [2.75, 3.05) is 39.8 Å². The Bertz CT molecular complexity index is 387. The molecular formula is C13H21F3N2O3. The number of alkyl halides is 3. The van der Waals surface area contributed by atoms with Gasteiger partial charge in [-0.05, 0) is 13.8 Å². The third-order valence-corrected chi connectivity index (χ3v) is 4.00. The molecule has 2 unspecified atom stereocenters. The molecule has 0 saturated carbocycles. The smallest absolute Gasteiger partial charge is 0.372 e. The van der Waals surface area contributed by atoms with Crippen LogP contribution in [0.25, 0.3) is 0 Å². The van der Waals surface area contributed by atoms with Gasteiger partial charge in [0.25, 0.3) is 0 Å². The topological polar surface area (TPSA) is 42.0 Å². The Hall–Kier alpha value is -0.860. The maximum absolute atomic E-state index is 12.9. The quantitative estimate of drug-likeness (QED) is 0.776. The lowest BCUT2D eigenvalue weighted by atomic mass is 9.93. The van der Waals surface area contributed by atoms with Crippen LogP contribution in [0, 0.1) is 0 Å². The molecule has 2 rings (SSSR count). The second-order valence-electron chi connectivity index (χ2n) is 5.90. The van der Waals surface area contributed by atoms with Crippen LogP contribution in [0.1, 0.15) is 13.8 Å². The highest BCUT2D eigenvalue weighted by Gasteiger charge is 2.62. The lowest BCUT2D eigenvalue weighted by Gasteiger charge is -2.49. The van der Waals surface area contributed by atoms with Gasteiger partial charge in [-0.15, -0.1) is 0 Å². The minimum atomic E-state index is -4.41. The zero-order valence-electron chi connectivity index (χ0n) is 12.4. The monoisotopic (exact) mass is 310 g/mol. The number of carbonyl (C=O) groups is 1. The molecule has 5 nitrogen and oxygen atoms in total. The predicted octanol–water partition coefficient (Wildman–Crippen LogP) is 0.885. The van der Waals surface area contributed by atoms with E-state index >= 15 is 0 Å². The SMILES string of the molecule is COC1(C(F)(F)F)CN(CC(=O)N2CC(C)OC(C)C2)C1. The molecule has 0 aromatic rings. The molecule has 0 bridgehead atoms. The van der Waals surface area contributed by atoms with Gasteiger partial charge in [-0.25, -0.2) is 0 Å².